The van der Waals surface area contributed by atoms with E-state index in [2.05, 4.69) is 12.2 Å². The number of carboxylic acid groups (broad SMARTS) is 1. The number of carboxylic acids is 1. The van der Waals surface area contributed by atoms with E-state index in [1.807, 2.05) is 0 Å². The SMILES string of the molecule is NC(=S)CSCCCC(=O)O. The van der Waals surface area contributed by atoms with Crippen LogP contribution in [0.15, 0.2) is 0 Å². The van der Waals surface area contributed by atoms with Crippen molar-refractivity contribution in [3.8, 4) is 0 Å². The van der Waals surface area contributed by atoms with Crippen LogP contribution in [0.2, 0.25) is 0 Å². The molecule has 11 heavy (non-hydrogen) atoms. The molecule has 0 aliphatic carbocycles. The molecular formula is C6H11NO2S2. The van der Waals surface area contributed by atoms with Crippen LogP contribution in [0.4, 0.5) is 0 Å². The zero-order valence-corrected chi connectivity index (χ0v) is 7.71. The van der Waals surface area contributed by atoms with Crippen molar-refractivity contribution in [3.05, 3.63) is 0 Å². The van der Waals surface area contributed by atoms with Gasteiger partial charge >= 0.3 is 5.97 Å². The molecule has 0 aliphatic heterocycles. The van der Waals surface area contributed by atoms with Gasteiger partial charge in [0.1, 0.15) is 0 Å². The number of rotatable bonds is 6. The second-order valence-electron chi connectivity index (χ2n) is 2.02. The van der Waals surface area contributed by atoms with Gasteiger partial charge in [-0.15, -0.1) is 0 Å². The number of hydrogen-bond donors (Lipinski definition) is 2. The summed E-state index contributed by atoms with van der Waals surface area (Å²) in [6, 6.07) is 0. The Morgan fingerprint density at radius 2 is 2.27 bits per heavy atom. The van der Waals surface area contributed by atoms with Gasteiger partial charge in [-0.2, -0.15) is 11.8 Å². The number of carbonyl (C=O) groups is 1. The topological polar surface area (TPSA) is 63.3 Å². The summed E-state index contributed by atoms with van der Waals surface area (Å²) >= 11 is 6.21. The predicted molar refractivity (Wildman–Crippen MR) is 51.0 cm³/mol. The lowest BCUT2D eigenvalue weighted by atomic mass is 10.3. The van der Waals surface area contributed by atoms with Crippen LogP contribution in [0.3, 0.4) is 0 Å². The first-order valence-corrected chi connectivity index (χ1v) is 4.77. The quantitative estimate of drug-likeness (QED) is 0.484. The maximum Gasteiger partial charge on any atom is 0.303 e. The molecule has 3 N–H and O–H groups in total. The maximum absolute atomic E-state index is 10.0. The van der Waals surface area contributed by atoms with Crippen molar-refractivity contribution in [1.82, 2.24) is 0 Å². The van der Waals surface area contributed by atoms with Gasteiger partial charge < -0.3 is 10.8 Å². The largest absolute Gasteiger partial charge is 0.481 e. The smallest absolute Gasteiger partial charge is 0.303 e. The van der Waals surface area contributed by atoms with E-state index in [1.54, 1.807) is 11.8 Å². The lowest BCUT2D eigenvalue weighted by molar-refractivity contribution is -0.137. The molecule has 0 aromatic rings. The molecule has 5 heteroatoms. The van der Waals surface area contributed by atoms with Crippen molar-refractivity contribution in [2.24, 2.45) is 5.73 Å². The molecule has 3 nitrogen and oxygen atoms in total. The van der Waals surface area contributed by atoms with Crippen LogP contribution in [-0.2, 0) is 4.79 Å². The molecule has 0 aliphatic rings. The molecule has 0 heterocycles. The van der Waals surface area contributed by atoms with Crippen LogP contribution in [0, 0.1) is 0 Å². The van der Waals surface area contributed by atoms with Gasteiger partial charge in [-0.05, 0) is 12.2 Å². The average Bonchev–Trinajstić information content (AvgIpc) is 1.85. The highest BCUT2D eigenvalue weighted by molar-refractivity contribution is 8.01. The third-order valence-corrected chi connectivity index (χ3v) is 2.34. The lowest BCUT2D eigenvalue weighted by Crippen LogP contribution is -2.10. The molecule has 64 valence electrons. The summed E-state index contributed by atoms with van der Waals surface area (Å²) in [5, 5.41) is 8.26. The van der Waals surface area contributed by atoms with Crippen LogP contribution in [-0.4, -0.2) is 27.6 Å². The summed E-state index contributed by atoms with van der Waals surface area (Å²) < 4.78 is 0. The van der Waals surface area contributed by atoms with Crippen LogP contribution >= 0.6 is 24.0 Å². The Balaban J connectivity index is 3.03. The Labute approximate surface area is 75.3 Å². The van der Waals surface area contributed by atoms with E-state index in [4.69, 9.17) is 10.8 Å². The van der Waals surface area contributed by atoms with Gasteiger partial charge in [0.15, 0.2) is 0 Å². The van der Waals surface area contributed by atoms with Gasteiger partial charge in [0.05, 0.1) is 4.99 Å². The molecule has 0 saturated carbocycles. The summed E-state index contributed by atoms with van der Waals surface area (Å²) in [5.74, 6) is 0.708. The van der Waals surface area contributed by atoms with Crippen molar-refractivity contribution in [2.45, 2.75) is 12.8 Å². The van der Waals surface area contributed by atoms with Gasteiger partial charge in [-0.1, -0.05) is 12.2 Å². The summed E-state index contributed by atoms with van der Waals surface area (Å²) in [6.07, 6.45) is 0.910. The van der Waals surface area contributed by atoms with E-state index in [1.165, 1.54) is 0 Å². The summed E-state index contributed by atoms with van der Waals surface area (Å²) in [4.78, 5) is 10.5. The Hall–Kier alpha value is -0.290. The monoisotopic (exact) mass is 193 g/mol. The summed E-state index contributed by atoms with van der Waals surface area (Å²) in [6.45, 7) is 0. The standard InChI is InChI=1S/C6H11NO2S2/c7-5(10)4-11-3-1-2-6(8)9/h1-4H2,(H2,7,10)(H,8,9). The zero-order valence-electron chi connectivity index (χ0n) is 6.08. The molecule has 0 spiro atoms. The number of aliphatic carboxylic acids is 1. The summed E-state index contributed by atoms with van der Waals surface area (Å²) in [5.41, 5.74) is 5.23. The number of nitrogens with two attached hydrogens (primary N) is 1. The Kier molecular flexibility index (Phi) is 6.25. The third kappa shape index (κ3) is 9.71. The van der Waals surface area contributed by atoms with Crippen molar-refractivity contribution < 1.29 is 9.90 Å². The van der Waals surface area contributed by atoms with Crippen LogP contribution in [0.25, 0.3) is 0 Å². The highest BCUT2D eigenvalue weighted by Gasteiger charge is 1.96. The third-order valence-electron chi connectivity index (χ3n) is 0.924. The molecule has 0 atom stereocenters. The van der Waals surface area contributed by atoms with Gasteiger partial charge in [0, 0.05) is 12.2 Å². The first kappa shape index (κ1) is 10.7. The predicted octanol–water partition coefficient (Wildman–Crippen LogP) is 0.871. The molecule has 0 amide bonds. The number of thiocarbonyl (C=S) groups is 1. The highest BCUT2D eigenvalue weighted by atomic mass is 32.2. The molecule has 0 aromatic heterocycles. The van der Waals surface area contributed by atoms with Crippen molar-refractivity contribution >= 4 is 34.9 Å². The Morgan fingerprint density at radius 1 is 1.64 bits per heavy atom. The first-order valence-electron chi connectivity index (χ1n) is 3.20. The van der Waals surface area contributed by atoms with Gasteiger partial charge in [0.25, 0.3) is 0 Å². The van der Waals surface area contributed by atoms with E-state index in [9.17, 15) is 4.79 Å². The minimum atomic E-state index is -0.749. The van der Waals surface area contributed by atoms with E-state index >= 15 is 0 Å². The number of hydrogen-bond acceptors (Lipinski definition) is 3. The molecule has 0 rings (SSSR count). The van der Waals surface area contributed by atoms with Crippen molar-refractivity contribution in [2.75, 3.05) is 11.5 Å². The molecule has 0 unspecified atom stereocenters. The minimum absolute atomic E-state index is 0.227. The fourth-order valence-corrected chi connectivity index (χ4v) is 1.44. The fourth-order valence-electron chi connectivity index (χ4n) is 0.498. The Bertz CT molecular complexity index is 134. The zero-order chi connectivity index (χ0) is 8.69. The second-order valence-corrected chi connectivity index (χ2v) is 3.65. The molecular weight excluding hydrogens is 182 g/mol. The first-order chi connectivity index (χ1) is 5.13. The van der Waals surface area contributed by atoms with Crippen molar-refractivity contribution in [1.29, 1.82) is 0 Å². The minimum Gasteiger partial charge on any atom is -0.481 e. The number of thioether (sulfide) groups is 1. The highest BCUT2D eigenvalue weighted by Crippen LogP contribution is 2.03. The van der Waals surface area contributed by atoms with E-state index in [0.29, 0.717) is 17.2 Å². The summed E-state index contributed by atoms with van der Waals surface area (Å²) in [7, 11) is 0. The van der Waals surface area contributed by atoms with Gasteiger partial charge in [0.2, 0.25) is 0 Å². The van der Waals surface area contributed by atoms with E-state index in [-0.39, 0.29) is 6.42 Å². The van der Waals surface area contributed by atoms with Gasteiger partial charge in [-0.3, -0.25) is 4.79 Å². The van der Waals surface area contributed by atoms with Gasteiger partial charge in [-0.25, -0.2) is 0 Å². The molecule has 0 fully saturated rings. The van der Waals surface area contributed by atoms with Crippen LogP contribution < -0.4 is 5.73 Å². The molecule has 0 aromatic carbocycles. The van der Waals surface area contributed by atoms with Crippen molar-refractivity contribution in [3.63, 3.8) is 0 Å². The van der Waals surface area contributed by atoms with Crippen LogP contribution in [0.1, 0.15) is 12.8 Å². The van der Waals surface area contributed by atoms with Crippen LogP contribution in [0.5, 0.6) is 0 Å². The maximum atomic E-state index is 10.0. The lowest BCUT2D eigenvalue weighted by Gasteiger charge is -1.96. The normalized spacial score (nSPS) is 9.45. The van der Waals surface area contributed by atoms with E-state index < -0.39 is 5.97 Å². The second kappa shape index (κ2) is 6.42. The average molecular weight is 193 g/mol. The van der Waals surface area contributed by atoms with E-state index in [0.717, 1.165) is 5.75 Å². The molecule has 0 bridgehead atoms. The Morgan fingerprint density at radius 3 is 2.73 bits per heavy atom. The fraction of sp³-hybridized carbons (Fsp3) is 0.667. The molecule has 0 saturated heterocycles. The molecule has 0 radical (unpaired) electrons.